The number of nitrogens with one attached hydrogen (secondary N) is 1. The van der Waals surface area contributed by atoms with Crippen LogP contribution >= 0.6 is 11.3 Å². The van der Waals surface area contributed by atoms with E-state index >= 15 is 0 Å². The van der Waals surface area contributed by atoms with Crippen LogP contribution in [0.15, 0.2) is 50.9 Å². The van der Waals surface area contributed by atoms with Gasteiger partial charge < -0.3 is 10.1 Å². The van der Waals surface area contributed by atoms with Crippen LogP contribution in [0.4, 0.5) is 5.69 Å². The number of nitrogens with zero attached hydrogens (tertiary/aromatic N) is 3. The fourth-order valence-electron chi connectivity index (χ4n) is 3.72. The zero-order chi connectivity index (χ0) is 23.5. The summed E-state index contributed by atoms with van der Waals surface area (Å²) < 4.78 is 58.9. The smallest absolute Gasteiger partial charge is 0.252 e. The van der Waals surface area contributed by atoms with Crippen LogP contribution in [0.1, 0.15) is 0 Å². The Labute approximate surface area is 197 Å². The van der Waals surface area contributed by atoms with Gasteiger partial charge in [0.25, 0.3) is 10.0 Å². The van der Waals surface area contributed by atoms with E-state index in [0.29, 0.717) is 62.4 Å². The first-order chi connectivity index (χ1) is 15.8. The Hall–Kier alpha value is -1.87. The van der Waals surface area contributed by atoms with Crippen molar-refractivity contribution in [2.24, 2.45) is 0 Å². The number of carbonyl (C=O) groups excluding carboxylic acids is 1. The Balaban J connectivity index is 1.28. The minimum Gasteiger partial charge on any atom is -0.379 e. The lowest BCUT2D eigenvalue weighted by Gasteiger charge is -2.33. The van der Waals surface area contributed by atoms with Gasteiger partial charge >= 0.3 is 0 Å². The molecule has 1 aromatic heterocycles. The summed E-state index contributed by atoms with van der Waals surface area (Å²) in [5.74, 6) is -0.242. The molecule has 180 valence electrons. The first-order valence-corrected chi connectivity index (χ1v) is 14.3. The summed E-state index contributed by atoms with van der Waals surface area (Å²) >= 11 is 1.19. The standard InChI is InChI=1S/C20H26N4O6S3/c25-19(16-22-7-9-23(10-8-22)33(28,29)20-2-1-15-31-20)21-17-3-5-18(6-4-17)32(26,27)24-11-13-30-14-12-24/h1-6,15H,7-14,16H2,(H,21,25). The molecule has 1 N–H and O–H groups in total. The van der Waals surface area contributed by atoms with Gasteiger partial charge in [0, 0.05) is 45.0 Å². The molecule has 1 amide bonds. The number of anilines is 1. The summed E-state index contributed by atoms with van der Waals surface area (Å²) in [7, 11) is -7.06. The maximum atomic E-state index is 12.7. The molecule has 0 unspecified atom stereocenters. The second-order valence-corrected chi connectivity index (χ2v) is 12.8. The number of benzene rings is 1. The van der Waals surface area contributed by atoms with Gasteiger partial charge in [-0.05, 0) is 35.7 Å². The molecule has 2 fully saturated rings. The van der Waals surface area contributed by atoms with Gasteiger partial charge in [-0.2, -0.15) is 8.61 Å². The second kappa shape index (κ2) is 10.2. The molecule has 2 saturated heterocycles. The Morgan fingerprint density at radius 2 is 1.52 bits per heavy atom. The third-order valence-corrected chi connectivity index (χ3v) is 10.7. The van der Waals surface area contributed by atoms with Crippen molar-refractivity contribution < 1.29 is 26.4 Å². The Morgan fingerprint density at radius 3 is 2.12 bits per heavy atom. The summed E-state index contributed by atoms with van der Waals surface area (Å²) in [5, 5.41) is 4.51. The first-order valence-electron chi connectivity index (χ1n) is 10.5. The van der Waals surface area contributed by atoms with Crippen LogP contribution in [0, 0.1) is 0 Å². The lowest BCUT2D eigenvalue weighted by molar-refractivity contribution is -0.117. The van der Waals surface area contributed by atoms with Crippen molar-refractivity contribution in [3.8, 4) is 0 Å². The largest absolute Gasteiger partial charge is 0.379 e. The van der Waals surface area contributed by atoms with Crippen LogP contribution in [0.3, 0.4) is 0 Å². The molecule has 2 aliphatic rings. The van der Waals surface area contributed by atoms with Crippen molar-refractivity contribution in [1.82, 2.24) is 13.5 Å². The Kier molecular flexibility index (Phi) is 7.48. The normalized spacial score (nSPS) is 19.4. The molecule has 0 aliphatic carbocycles. The van der Waals surface area contributed by atoms with E-state index in [0.717, 1.165) is 0 Å². The number of hydrogen-bond acceptors (Lipinski definition) is 8. The van der Waals surface area contributed by atoms with Gasteiger partial charge in [-0.3, -0.25) is 9.69 Å². The highest BCUT2D eigenvalue weighted by Gasteiger charge is 2.30. The SMILES string of the molecule is O=C(CN1CCN(S(=O)(=O)c2cccs2)CC1)Nc1ccc(S(=O)(=O)N2CCOCC2)cc1. The molecule has 3 heterocycles. The van der Waals surface area contributed by atoms with Crippen molar-refractivity contribution >= 4 is 43.0 Å². The van der Waals surface area contributed by atoms with Gasteiger partial charge in [-0.15, -0.1) is 11.3 Å². The van der Waals surface area contributed by atoms with Crippen molar-refractivity contribution in [2.75, 3.05) is 64.3 Å². The predicted molar refractivity (Wildman–Crippen MR) is 124 cm³/mol. The molecule has 0 saturated carbocycles. The molecule has 13 heteroatoms. The minimum absolute atomic E-state index is 0.126. The van der Waals surface area contributed by atoms with Gasteiger partial charge in [-0.1, -0.05) is 6.07 Å². The molecule has 2 aliphatic heterocycles. The molecule has 0 spiro atoms. The Bertz CT molecular complexity index is 1150. The topological polar surface area (TPSA) is 116 Å². The number of hydrogen-bond donors (Lipinski definition) is 1. The van der Waals surface area contributed by atoms with Crippen molar-refractivity contribution in [3.63, 3.8) is 0 Å². The summed E-state index contributed by atoms with van der Waals surface area (Å²) in [6.45, 7) is 3.07. The van der Waals surface area contributed by atoms with E-state index in [-0.39, 0.29) is 17.3 Å². The number of amides is 1. The van der Waals surface area contributed by atoms with Gasteiger partial charge in [0.2, 0.25) is 15.9 Å². The number of sulfonamides is 2. The highest BCUT2D eigenvalue weighted by atomic mass is 32.2. The fourth-order valence-corrected chi connectivity index (χ4v) is 7.69. The summed E-state index contributed by atoms with van der Waals surface area (Å²) in [6, 6.07) is 9.40. The van der Waals surface area contributed by atoms with E-state index in [2.05, 4.69) is 5.32 Å². The van der Waals surface area contributed by atoms with Crippen LogP contribution in [-0.2, 0) is 29.6 Å². The molecule has 2 aromatic rings. The van der Waals surface area contributed by atoms with Gasteiger partial charge in [0.1, 0.15) is 4.21 Å². The van der Waals surface area contributed by atoms with Gasteiger partial charge in [0.15, 0.2) is 0 Å². The van der Waals surface area contributed by atoms with E-state index in [4.69, 9.17) is 4.74 Å². The predicted octanol–water partition coefficient (Wildman–Crippen LogP) is 0.714. The molecule has 0 atom stereocenters. The van der Waals surface area contributed by atoms with Crippen LogP contribution in [0.2, 0.25) is 0 Å². The number of rotatable bonds is 7. The molecular weight excluding hydrogens is 488 g/mol. The quantitative estimate of drug-likeness (QED) is 0.579. The molecule has 1 aromatic carbocycles. The summed E-state index contributed by atoms with van der Waals surface area (Å²) in [6.07, 6.45) is 0. The van der Waals surface area contributed by atoms with E-state index in [9.17, 15) is 21.6 Å². The number of thiophene rings is 1. The number of piperazine rings is 1. The van der Waals surface area contributed by atoms with E-state index < -0.39 is 20.0 Å². The van der Waals surface area contributed by atoms with Crippen molar-refractivity contribution in [3.05, 3.63) is 41.8 Å². The molecule has 0 bridgehead atoms. The molecule has 4 rings (SSSR count). The third kappa shape index (κ3) is 5.62. The first kappa shape index (κ1) is 24.3. The highest BCUT2D eigenvalue weighted by molar-refractivity contribution is 7.91. The third-order valence-electron chi connectivity index (χ3n) is 5.53. The number of morpholine rings is 1. The second-order valence-electron chi connectivity index (χ2n) is 7.70. The van der Waals surface area contributed by atoms with Crippen molar-refractivity contribution in [2.45, 2.75) is 9.10 Å². The van der Waals surface area contributed by atoms with Crippen LogP contribution in [0.5, 0.6) is 0 Å². The highest BCUT2D eigenvalue weighted by Crippen LogP contribution is 2.22. The molecule has 10 nitrogen and oxygen atoms in total. The molecular formula is C20H26N4O6S3. The number of carbonyl (C=O) groups is 1. The molecule has 0 radical (unpaired) electrons. The number of ether oxygens (including phenoxy) is 1. The average molecular weight is 515 g/mol. The monoisotopic (exact) mass is 514 g/mol. The zero-order valence-electron chi connectivity index (χ0n) is 17.9. The summed E-state index contributed by atoms with van der Waals surface area (Å²) in [5.41, 5.74) is 0.500. The average Bonchev–Trinajstić information content (AvgIpc) is 3.36. The van der Waals surface area contributed by atoms with E-state index in [1.807, 2.05) is 4.90 Å². The van der Waals surface area contributed by atoms with E-state index in [1.165, 1.54) is 32.1 Å². The lowest BCUT2D eigenvalue weighted by Crippen LogP contribution is -2.50. The van der Waals surface area contributed by atoms with Gasteiger partial charge in [0.05, 0.1) is 24.7 Å². The maximum absolute atomic E-state index is 12.7. The summed E-state index contributed by atoms with van der Waals surface area (Å²) in [4.78, 5) is 14.5. The fraction of sp³-hybridized carbons (Fsp3) is 0.450. The minimum atomic E-state index is -3.58. The van der Waals surface area contributed by atoms with Crippen molar-refractivity contribution in [1.29, 1.82) is 0 Å². The van der Waals surface area contributed by atoms with Crippen LogP contribution < -0.4 is 5.32 Å². The zero-order valence-corrected chi connectivity index (χ0v) is 20.4. The van der Waals surface area contributed by atoms with Crippen LogP contribution in [0.25, 0.3) is 0 Å². The maximum Gasteiger partial charge on any atom is 0.252 e. The molecule has 33 heavy (non-hydrogen) atoms. The van der Waals surface area contributed by atoms with E-state index in [1.54, 1.807) is 29.6 Å². The van der Waals surface area contributed by atoms with Crippen LogP contribution in [-0.4, -0.2) is 95.3 Å². The van der Waals surface area contributed by atoms with Gasteiger partial charge in [-0.25, -0.2) is 16.8 Å². The lowest BCUT2D eigenvalue weighted by atomic mass is 10.3. The Morgan fingerprint density at radius 1 is 0.879 bits per heavy atom.